The molecule has 0 fully saturated rings. The highest BCUT2D eigenvalue weighted by Gasteiger charge is 2.30. The molecule has 2 aromatic carbocycles. The van der Waals surface area contributed by atoms with E-state index in [1.165, 1.54) is 18.2 Å². The average molecular weight is 667 g/mol. The summed E-state index contributed by atoms with van der Waals surface area (Å²) in [6.07, 6.45) is 9.05. The fourth-order valence-electron chi connectivity index (χ4n) is 6.29. The molecule has 0 aliphatic heterocycles. The molecule has 2 aliphatic carbocycles. The first kappa shape index (κ1) is 33.6. The molecule has 3 N–H and O–H groups in total. The van der Waals surface area contributed by atoms with Crippen LogP contribution in [0.4, 0.5) is 10.8 Å². The molecule has 10 nitrogen and oxygen atoms in total. The zero-order chi connectivity index (χ0) is 32.8. The van der Waals surface area contributed by atoms with Gasteiger partial charge < -0.3 is 30.2 Å². The van der Waals surface area contributed by atoms with Crippen LogP contribution in [0.2, 0.25) is 0 Å². The summed E-state index contributed by atoms with van der Waals surface area (Å²) < 4.78 is 17.2. The maximum absolute atomic E-state index is 13.9. The van der Waals surface area contributed by atoms with Gasteiger partial charge in [-0.1, -0.05) is 12.5 Å². The van der Waals surface area contributed by atoms with Crippen LogP contribution in [0.3, 0.4) is 0 Å². The second-order valence-corrected chi connectivity index (χ2v) is 13.6. The number of benzene rings is 1. The fraction of sp³-hybridized carbons (Fsp3) is 0.471. The first-order chi connectivity index (χ1) is 22.3. The number of aryl methyl sites for hydroxylation is 3. The second-order valence-electron chi connectivity index (χ2n) is 11.5. The molecule has 1 heterocycles. The zero-order valence-electron chi connectivity index (χ0n) is 27.0. The normalized spacial score (nSPS) is 16.0. The van der Waals surface area contributed by atoms with Crippen LogP contribution in [0, 0.1) is 0 Å². The van der Waals surface area contributed by atoms with Crippen LogP contribution in [0.25, 0.3) is 11.1 Å². The molecule has 0 spiro atoms. The first-order valence-electron chi connectivity index (χ1n) is 15.6. The Bertz CT molecular complexity index is 1640. The predicted molar refractivity (Wildman–Crippen MR) is 185 cm³/mol. The Kier molecular flexibility index (Phi) is 11.1. The number of nitrogens with zero attached hydrogens (tertiary/aromatic N) is 1. The second kappa shape index (κ2) is 15.2. The van der Waals surface area contributed by atoms with Crippen LogP contribution in [0.1, 0.15) is 66.8 Å². The van der Waals surface area contributed by atoms with E-state index in [0.29, 0.717) is 47.2 Å². The van der Waals surface area contributed by atoms with Crippen LogP contribution < -0.4 is 35.6 Å². The third kappa shape index (κ3) is 7.28. The van der Waals surface area contributed by atoms with E-state index >= 15 is 0 Å². The maximum Gasteiger partial charge on any atom is 0.248 e. The fourth-order valence-corrected chi connectivity index (χ4v) is 7.82. The Balaban J connectivity index is 1.55. The Labute approximate surface area is 278 Å². The van der Waals surface area contributed by atoms with Gasteiger partial charge in [-0.2, -0.15) is 11.8 Å². The standard InChI is InChI=1S/C34H42N4O6S2/c1-19(39)35-23-13-11-20-17-28(42-2)31(43-3)32(44-4)30(20)21-12-14-24(27(40)18-22(21)23)36-26(15-16-45-5)33(41)38-34-37-25-9-7-6-8-10-29(25)46-34/h12,14,17-18,23,26H,6-11,13,15-16H2,1-5H3,(H,35,39)(H,36,40)(H,37,38,41)/t23-,26-/m1/s1. The van der Waals surface area contributed by atoms with Crippen molar-refractivity contribution in [3.05, 3.63) is 56.2 Å². The third-order valence-electron chi connectivity index (χ3n) is 8.50. The van der Waals surface area contributed by atoms with Gasteiger partial charge in [0.2, 0.25) is 23.0 Å². The third-order valence-corrected chi connectivity index (χ3v) is 10.2. The predicted octanol–water partition coefficient (Wildman–Crippen LogP) is 5.76. The summed E-state index contributed by atoms with van der Waals surface area (Å²) in [4.78, 5) is 45.8. The highest BCUT2D eigenvalue weighted by molar-refractivity contribution is 7.98. The summed E-state index contributed by atoms with van der Waals surface area (Å²) in [6, 6.07) is 5.96. The average Bonchev–Trinajstić information content (AvgIpc) is 3.14. The van der Waals surface area contributed by atoms with Crippen LogP contribution >= 0.6 is 23.1 Å². The SMILES string of the molecule is COc1cc2c(c(OC)c1OC)-c1ccc(N[C@H](CCSC)C(=O)Nc3nc4c(s3)CCCCC4)c(=O)cc1[C@H](NC(C)=O)CC2. The van der Waals surface area contributed by atoms with Crippen LogP contribution in [-0.2, 0) is 28.9 Å². The minimum absolute atomic E-state index is 0.199. The van der Waals surface area contributed by atoms with Crippen LogP contribution in [0.5, 0.6) is 17.2 Å². The molecule has 0 saturated carbocycles. The topological polar surface area (TPSA) is 128 Å². The number of thiazole rings is 1. The molecule has 2 atom stereocenters. The Morgan fingerprint density at radius 1 is 1.04 bits per heavy atom. The number of nitrogens with one attached hydrogen (secondary N) is 3. The van der Waals surface area contributed by atoms with Crippen molar-refractivity contribution in [3.63, 3.8) is 0 Å². The number of carbonyl (C=O) groups excluding carboxylic acids is 2. The highest BCUT2D eigenvalue weighted by atomic mass is 32.2. The number of ether oxygens (including phenoxy) is 3. The van der Waals surface area contributed by atoms with Crippen molar-refractivity contribution in [1.29, 1.82) is 0 Å². The van der Waals surface area contributed by atoms with Gasteiger partial charge in [0.1, 0.15) is 6.04 Å². The first-order valence-corrected chi connectivity index (χ1v) is 17.8. The van der Waals surface area contributed by atoms with Crippen LogP contribution in [0.15, 0.2) is 29.1 Å². The number of anilines is 2. The molecule has 1 aromatic heterocycles. The van der Waals surface area contributed by atoms with Crippen molar-refractivity contribution in [1.82, 2.24) is 10.3 Å². The lowest BCUT2D eigenvalue weighted by Crippen LogP contribution is -2.36. The van der Waals surface area contributed by atoms with Crippen molar-refractivity contribution >= 4 is 45.7 Å². The van der Waals surface area contributed by atoms with Crippen molar-refractivity contribution in [2.45, 2.75) is 70.4 Å². The van der Waals surface area contributed by atoms with Gasteiger partial charge in [-0.15, -0.1) is 11.3 Å². The van der Waals surface area contributed by atoms with Gasteiger partial charge in [-0.3, -0.25) is 14.4 Å². The zero-order valence-corrected chi connectivity index (χ0v) is 28.7. The Morgan fingerprint density at radius 2 is 1.83 bits per heavy atom. The summed E-state index contributed by atoms with van der Waals surface area (Å²) in [5.41, 5.74) is 4.17. The minimum Gasteiger partial charge on any atom is -0.493 e. The molecule has 246 valence electrons. The van der Waals surface area contributed by atoms with E-state index in [4.69, 9.17) is 19.2 Å². The van der Waals surface area contributed by atoms with E-state index in [9.17, 15) is 14.4 Å². The molecule has 46 heavy (non-hydrogen) atoms. The molecule has 2 aliphatic rings. The lowest BCUT2D eigenvalue weighted by atomic mass is 9.95. The molecular weight excluding hydrogens is 625 g/mol. The van der Waals surface area contributed by atoms with E-state index in [1.807, 2.05) is 18.4 Å². The van der Waals surface area contributed by atoms with Crippen molar-refractivity contribution < 1.29 is 23.8 Å². The molecule has 3 aromatic rings. The Morgan fingerprint density at radius 3 is 2.54 bits per heavy atom. The lowest BCUT2D eigenvalue weighted by molar-refractivity contribution is -0.120. The van der Waals surface area contributed by atoms with Crippen molar-refractivity contribution in [3.8, 4) is 28.4 Å². The van der Waals surface area contributed by atoms with Gasteiger partial charge in [-0.05, 0) is 91.8 Å². The number of fused-ring (bicyclic) bond motifs is 4. The van der Waals surface area contributed by atoms with E-state index in [0.717, 1.165) is 53.8 Å². The maximum atomic E-state index is 13.9. The Hall–Kier alpha value is -3.77. The van der Waals surface area contributed by atoms with Gasteiger partial charge in [0, 0.05) is 17.4 Å². The monoisotopic (exact) mass is 666 g/mol. The van der Waals surface area contributed by atoms with Gasteiger partial charge in [0.15, 0.2) is 16.6 Å². The summed E-state index contributed by atoms with van der Waals surface area (Å²) >= 11 is 3.18. The highest BCUT2D eigenvalue weighted by Crippen LogP contribution is 2.50. The molecule has 0 bridgehead atoms. The van der Waals surface area contributed by atoms with Gasteiger partial charge >= 0.3 is 0 Å². The molecule has 0 unspecified atom stereocenters. The summed E-state index contributed by atoms with van der Waals surface area (Å²) in [6.45, 7) is 1.47. The number of carbonyl (C=O) groups is 2. The largest absolute Gasteiger partial charge is 0.493 e. The number of hydrogen-bond acceptors (Lipinski definition) is 10. The number of aromatic nitrogens is 1. The van der Waals surface area contributed by atoms with E-state index in [2.05, 4.69) is 16.0 Å². The minimum atomic E-state index is -0.664. The molecule has 12 heteroatoms. The van der Waals surface area contributed by atoms with Gasteiger partial charge in [-0.25, -0.2) is 4.98 Å². The quantitative estimate of drug-likeness (QED) is 0.219. The number of methoxy groups -OCH3 is 3. The lowest BCUT2D eigenvalue weighted by Gasteiger charge is -2.19. The summed E-state index contributed by atoms with van der Waals surface area (Å²) in [5, 5.41) is 9.92. The van der Waals surface area contributed by atoms with Gasteiger partial charge in [0.25, 0.3) is 0 Å². The summed E-state index contributed by atoms with van der Waals surface area (Å²) in [5.74, 6) is 1.74. The number of hydrogen-bond donors (Lipinski definition) is 3. The summed E-state index contributed by atoms with van der Waals surface area (Å²) in [7, 11) is 4.69. The van der Waals surface area contributed by atoms with E-state index in [1.54, 1.807) is 56.6 Å². The van der Waals surface area contributed by atoms with E-state index < -0.39 is 12.1 Å². The molecule has 5 rings (SSSR count). The van der Waals surface area contributed by atoms with Crippen molar-refractivity contribution in [2.75, 3.05) is 44.0 Å². The number of rotatable bonds is 11. The molecular formula is C34H42N4O6S2. The van der Waals surface area contributed by atoms with Crippen LogP contribution in [-0.4, -0.2) is 56.2 Å². The number of amides is 2. The van der Waals surface area contributed by atoms with E-state index in [-0.39, 0.29) is 22.9 Å². The number of thioether (sulfide) groups is 1. The molecule has 2 amide bonds. The molecule has 0 saturated heterocycles. The molecule has 0 radical (unpaired) electrons. The van der Waals surface area contributed by atoms with Gasteiger partial charge in [0.05, 0.1) is 38.8 Å². The smallest absolute Gasteiger partial charge is 0.248 e. The van der Waals surface area contributed by atoms with Crippen molar-refractivity contribution in [2.24, 2.45) is 0 Å².